The molecular formula is C13H16BrN3. The van der Waals surface area contributed by atoms with Crippen molar-refractivity contribution in [3.8, 4) is 11.3 Å². The molecule has 2 aromatic rings. The van der Waals surface area contributed by atoms with E-state index in [1.165, 1.54) is 16.7 Å². The summed E-state index contributed by atoms with van der Waals surface area (Å²) in [5.74, 6) is 0. The van der Waals surface area contributed by atoms with Gasteiger partial charge in [-0.3, -0.25) is 0 Å². The zero-order valence-electron chi connectivity index (χ0n) is 10.0. The van der Waals surface area contributed by atoms with E-state index in [0.29, 0.717) is 6.54 Å². The van der Waals surface area contributed by atoms with E-state index < -0.39 is 0 Å². The number of nitrogens with one attached hydrogen (secondary N) is 1. The number of rotatable bonds is 3. The monoisotopic (exact) mass is 293 g/mol. The Kier molecular flexibility index (Phi) is 3.64. The Bertz CT molecular complexity index is 531. The van der Waals surface area contributed by atoms with Crippen molar-refractivity contribution in [3.63, 3.8) is 0 Å². The van der Waals surface area contributed by atoms with Gasteiger partial charge in [-0.15, -0.1) is 0 Å². The molecule has 0 saturated carbocycles. The second-order valence-electron chi connectivity index (χ2n) is 4.21. The third-order valence-corrected chi connectivity index (χ3v) is 3.16. The fraction of sp³-hybridized carbons (Fsp3) is 0.308. The lowest BCUT2D eigenvalue weighted by atomic mass is 10.0. The summed E-state index contributed by atoms with van der Waals surface area (Å²) in [5, 5.41) is 0. The summed E-state index contributed by atoms with van der Waals surface area (Å²) in [6, 6.07) is 6.40. The van der Waals surface area contributed by atoms with Crippen molar-refractivity contribution < 1.29 is 0 Å². The number of nitrogens with zero attached hydrogens (tertiary/aromatic N) is 1. The molecule has 4 heteroatoms. The first-order valence-electron chi connectivity index (χ1n) is 5.64. The quantitative estimate of drug-likeness (QED) is 0.914. The Morgan fingerprint density at radius 2 is 2.12 bits per heavy atom. The van der Waals surface area contributed by atoms with Crippen molar-refractivity contribution in [3.05, 3.63) is 39.8 Å². The van der Waals surface area contributed by atoms with Gasteiger partial charge in [-0.25, -0.2) is 4.98 Å². The summed E-state index contributed by atoms with van der Waals surface area (Å²) in [6.45, 7) is 4.82. The minimum Gasteiger partial charge on any atom is -0.336 e. The number of aromatic amines is 1. The van der Waals surface area contributed by atoms with E-state index in [4.69, 9.17) is 5.73 Å². The van der Waals surface area contributed by atoms with Gasteiger partial charge in [0.1, 0.15) is 0 Å². The van der Waals surface area contributed by atoms with Gasteiger partial charge in [0.25, 0.3) is 0 Å². The smallest absolute Gasteiger partial charge is 0.175 e. The highest BCUT2D eigenvalue weighted by atomic mass is 79.9. The second kappa shape index (κ2) is 5.02. The Morgan fingerprint density at radius 3 is 2.76 bits per heavy atom. The molecule has 0 aliphatic heterocycles. The van der Waals surface area contributed by atoms with Crippen LogP contribution in [0.15, 0.2) is 22.9 Å². The number of H-pyrrole nitrogens is 1. The molecule has 17 heavy (non-hydrogen) atoms. The lowest BCUT2D eigenvalue weighted by Gasteiger charge is -2.06. The summed E-state index contributed by atoms with van der Waals surface area (Å²) >= 11 is 3.38. The van der Waals surface area contributed by atoms with Gasteiger partial charge >= 0.3 is 0 Å². The summed E-state index contributed by atoms with van der Waals surface area (Å²) in [4.78, 5) is 7.71. The van der Waals surface area contributed by atoms with Crippen LogP contribution in [0.2, 0.25) is 0 Å². The largest absolute Gasteiger partial charge is 0.336 e. The number of aromatic nitrogens is 2. The molecule has 3 N–H and O–H groups in total. The number of imidazole rings is 1. The second-order valence-corrected chi connectivity index (χ2v) is 4.96. The molecule has 0 aliphatic carbocycles. The first-order valence-corrected chi connectivity index (χ1v) is 6.43. The topological polar surface area (TPSA) is 54.7 Å². The van der Waals surface area contributed by atoms with Gasteiger partial charge < -0.3 is 10.7 Å². The van der Waals surface area contributed by atoms with Crippen LogP contribution < -0.4 is 5.73 Å². The van der Waals surface area contributed by atoms with E-state index in [-0.39, 0.29) is 0 Å². The van der Waals surface area contributed by atoms with Crippen LogP contribution in [-0.4, -0.2) is 16.5 Å². The molecule has 0 radical (unpaired) electrons. The maximum Gasteiger partial charge on any atom is 0.175 e. The third-order valence-electron chi connectivity index (χ3n) is 2.78. The van der Waals surface area contributed by atoms with Crippen molar-refractivity contribution in [1.82, 2.24) is 9.97 Å². The Labute approximate surface area is 110 Å². The lowest BCUT2D eigenvalue weighted by molar-refractivity contribution is 0.933. The molecule has 0 saturated heterocycles. The molecule has 0 fully saturated rings. The lowest BCUT2D eigenvalue weighted by Crippen LogP contribution is -2.04. The van der Waals surface area contributed by atoms with E-state index in [0.717, 1.165) is 22.5 Å². The van der Waals surface area contributed by atoms with E-state index in [9.17, 15) is 0 Å². The predicted octanol–water partition coefficient (Wildman–Crippen LogP) is 2.96. The number of nitrogens with two attached hydrogens (primary N) is 1. The molecule has 3 nitrogen and oxygen atoms in total. The summed E-state index contributed by atoms with van der Waals surface area (Å²) in [6.07, 6.45) is 0.807. The molecule has 0 amide bonds. The predicted molar refractivity (Wildman–Crippen MR) is 74.0 cm³/mol. The minimum absolute atomic E-state index is 0.618. The molecule has 1 heterocycles. The van der Waals surface area contributed by atoms with Crippen LogP contribution >= 0.6 is 15.9 Å². The van der Waals surface area contributed by atoms with Gasteiger partial charge in [-0.2, -0.15) is 0 Å². The summed E-state index contributed by atoms with van der Waals surface area (Å²) < 4.78 is 0.760. The molecule has 1 aromatic carbocycles. The fourth-order valence-electron chi connectivity index (χ4n) is 2.00. The maximum absolute atomic E-state index is 5.62. The van der Waals surface area contributed by atoms with Crippen LogP contribution in [0.5, 0.6) is 0 Å². The van der Waals surface area contributed by atoms with Crippen molar-refractivity contribution >= 4 is 15.9 Å². The highest BCUT2D eigenvalue weighted by Gasteiger charge is 2.12. The van der Waals surface area contributed by atoms with Crippen molar-refractivity contribution in [1.29, 1.82) is 0 Å². The number of benzene rings is 1. The first kappa shape index (κ1) is 12.3. The maximum atomic E-state index is 5.62. The molecule has 0 spiro atoms. The van der Waals surface area contributed by atoms with Gasteiger partial charge in [-0.1, -0.05) is 23.8 Å². The molecule has 90 valence electrons. The molecule has 0 unspecified atom stereocenters. The van der Waals surface area contributed by atoms with Crippen molar-refractivity contribution in [2.75, 3.05) is 6.54 Å². The number of aryl methyl sites for hydroxylation is 2. The minimum atomic E-state index is 0.618. The Balaban J connectivity index is 2.51. The van der Waals surface area contributed by atoms with Crippen LogP contribution in [0, 0.1) is 13.8 Å². The van der Waals surface area contributed by atoms with Crippen LogP contribution in [0.4, 0.5) is 0 Å². The van der Waals surface area contributed by atoms with Gasteiger partial charge in [0, 0.05) is 17.7 Å². The van der Waals surface area contributed by atoms with E-state index in [1.807, 2.05) is 0 Å². The third kappa shape index (κ3) is 2.58. The molecule has 1 aromatic heterocycles. The molecule has 0 aliphatic rings. The van der Waals surface area contributed by atoms with E-state index >= 15 is 0 Å². The summed E-state index contributed by atoms with van der Waals surface area (Å²) in [5.41, 5.74) is 11.4. The van der Waals surface area contributed by atoms with Gasteiger partial charge in [0.2, 0.25) is 0 Å². The van der Waals surface area contributed by atoms with Crippen LogP contribution in [0.1, 0.15) is 16.8 Å². The highest BCUT2D eigenvalue weighted by Crippen LogP contribution is 2.27. The van der Waals surface area contributed by atoms with Crippen LogP contribution in [0.25, 0.3) is 11.3 Å². The van der Waals surface area contributed by atoms with Gasteiger partial charge in [-0.05, 0) is 41.9 Å². The van der Waals surface area contributed by atoms with E-state index in [1.54, 1.807) is 0 Å². The zero-order chi connectivity index (χ0) is 12.4. The standard InChI is InChI=1S/C13H16BrN3/c1-8-3-4-10(9(2)7-8)12-11(5-6-15)16-13(14)17-12/h3-4,7H,5-6,15H2,1-2H3,(H,16,17). The zero-order valence-corrected chi connectivity index (χ0v) is 11.6. The van der Waals surface area contributed by atoms with Gasteiger partial charge in [0.15, 0.2) is 4.73 Å². The average Bonchev–Trinajstić information content (AvgIpc) is 2.60. The fourth-order valence-corrected chi connectivity index (χ4v) is 2.42. The molecule has 2 rings (SSSR count). The van der Waals surface area contributed by atoms with Crippen LogP contribution in [-0.2, 0) is 6.42 Å². The first-order chi connectivity index (χ1) is 8.11. The number of hydrogen-bond donors (Lipinski definition) is 2. The van der Waals surface area contributed by atoms with Gasteiger partial charge in [0.05, 0.1) is 5.69 Å². The Hall–Kier alpha value is -1.13. The normalized spacial score (nSPS) is 10.8. The van der Waals surface area contributed by atoms with Crippen LogP contribution in [0.3, 0.4) is 0 Å². The number of hydrogen-bond acceptors (Lipinski definition) is 2. The van der Waals surface area contributed by atoms with Crippen molar-refractivity contribution in [2.45, 2.75) is 20.3 Å². The highest BCUT2D eigenvalue weighted by molar-refractivity contribution is 9.10. The number of halogens is 1. The molecule has 0 bridgehead atoms. The molecule has 0 atom stereocenters. The average molecular weight is 294 g/mol. The SMILES string of the molecule is Cc1ccc(-c2nc(Br)[nH]c2CCN)c(C)c1. The molecular weight excluding hydrogens is 278 g/mol. The Morgan fingerprint density at radius 1 is 1.35 bits per heavy atom. The van der Waals surface area contributed by atoms with E-state index in [2.05, 4.69) is 57.9 Å². The summed E-state index contributed by atoms with van der Waals surface area (Å²) in [7, 11) is 0. The van der Waals surface area contributed by atoms with Crippen molar-refractivity contribution in [2.24, 2.45) is 5.73 Å².